The monoisotopic (exact) mass is 309 g/mol. The summed E-state index contributed by atoms with van der Waals surface area (Å²) < 4.78 is 1.08. The molecule has 0 aliphatic carbocycles. The van der Waals surface area contributed by atoms with Gasteiger partial charge in [-0.15, -0.1) is 0 Å². The van der Waals surface area contributed by atoms with Crippen molar-refractivity contribution in [2.75, 3.05) is 19.6 Å². The van der Waals surface area contributed by atoms with Crippen LogP contribution in [0.15, 0.2) is 22.9 Å². The summed E-state index contributed by atoms with van der Waals surface area (Å²) in [5, 5.41) is 3.67. The van der Waals surface area contributed by atoms with E-state index in [4.69, 9.17) is 0 Å². The smallest absolute Gasteiger partial charge is 0.0410 e. The van der Waals surface area contributed by atoms with Crippen molar-refractivity contribution in [1.29, 1.82) is 0 Å². The average Bonchev–Trinajstić information content (AvgIpc) is 2.39. The lowest BCUT2D eigenvalue weighted by Gasteiger charge is -2.41. The van der Waals surface area contributed by atoms with E-state index in [1.807, 2.05) is 12.4 Å². The quantitative estimate of drug-likeness (QED) is 0.909. The minimum atomic E-state index is 0.774. The predicted octanol–water partition coefficient (Wildman–Crippen LogP) is 2.42. The van der Waals surface area contributed by atoms with Crippen LogP contribution in [0.1, 0.15) is 24.8 Å². The van der Waals surface area contributed by atoms with E-state index < -0.39 is 0 Å². The summed E-state index contributed by atoms with van der Waals surface area (Å²) in [6, 6.07) is 2.95. The van der Waals surface area contributed by atoms with Gasteiger partial charge in [-0.3, -0.25) is 9.88 Å². The number of piperidine rings is 2. The first kappa shape index (κ1) is 12.6. The van der Waals surface area contributed by atoms with Crippen LogP contribution in [-0.4, -0.2) is 35.6 Å². The Morgan fingerprint density at radius 2 is 2.33 bits per heavy atom. The van der Waals surface area contributed by atoms with Crippen molar-refractivity contribution in [2.45, 2.75) is 31.8 Å². The third kappa shape index (κ3) is 2.92. The molecule has 2 unspecified atom stereocenters. The number of likely N-dealkylation sites (tertiary alicyclic amines) is 1. The number of pyridine rings is 1. The molecule has 2 saturated heterocycles. The highest BCUT2D eigenvalue weighted by Crippen LogP contribution is 2.25. The van der Waals surface area contributed by atoms with Gasteiger partial charge in [0.1, 0.15) is 0 Å². The zero-order valence-electron chi connectivity index (χ0n) is 10.6. The maximum absolute atomic E-state index is 4.25. The highest BCUT2D eigenvalue weighted by atomic mass is 79.9. The van der Waals surface area contributed by atoms with E-state index in [0.29, 0.717) is 0 Å². The molecule has 0 radical (unpaired) electrons. The van der Waals surface area contributed by atoms with Gasteiger partial charge < -0.3 is 5.32 Å². The van der Waals surface area contributed by atoms with Crippen molar-refractivity contribution in [3.05, 3.63) is 28.5 Å². The van der Waals surface area contributed by atoms with Crippen molar-refractivity contribution in [3.8, 4) is 0 Å². The summed E-state index contributed by atoms with van der Waals surface area (Å²) in [5.41, 5.74) is 1.31. The van der Waals surface area contributed by atoms with E-state index in [0.717, 1.165) is 23.0 Å². The van der Waals surface area contributed by atoms with Crippen LogP contribution in [0.5, 0.6) is 0 Å². The maximum atomic E-state index is 4.25. The van der Waals surface area contributed by atoms with Gasteiger partial charge in [0.05, 0.1) is 0 Å². The van der Waals surface area contributed by atoms with Crippen molar-refractivity contribution >= 4 is 15.9 Å². The minimum absolute atomic E-state index is 0.774. The fourth-order valence-electron chi connectivity index (χ4n) is 3.26. The van der Waals surface area contributed by atoms with E-state index in [2.05, 4.69) is 37.2 Å². The Kier molecular flexibility index (Phi) is 3.97. The number of aromatic nitrogens is 1. The van der Waals surface area contributed by atoms with Crippen molar-refractivity contribution in [1.82, 2.24) is 15.2 Å². The molecule has 4 heteroatoms. The number of halogens is 1. The Labute approximate surface area is 117 Å². The Morgan fingerprint density at radius 3 is 3.22 bits per heavy atom. The third-order valence-corrected chi connectivity index (χ3v) is 4.58. The highest BCUT2D eigenvalue weighted by molar-refractivity contribution is 9.10. The SMILES string of the molecule is Brc1cncc(CN2CCC3NCCCC3C2)c1. The maximum Gasteiger partial charge on any atom is 0.0410 e. The molecule has 18 heavy (non-hydrogen) atoms. The van der Waals surface area contributed by atoms with Crippen LogP contribution in [0, 0.1) is 5.92 Å². The molecule has 3 nitrogen and oxygen atoms in total. The Hall–Kier alpha value is -0.450. The fraction of sp³-hybridized carbons (Fsp3) is 0.643. The van der Waals surface area contributed by atoms with Gasteiger partial charge in [-0.05, 0) is 65.8 Å². The molecule has 0 saturated carbocycles. The third-order valence-electron chi connectivity index (χ3n) is 4.14. The minimum Gasteiger partial charge on any atom is -0.314 e. The Balaban J connectivity index is 1.61. The lowest BCUT2D eigenvalue weighted by Crippen LogP contribution is -2.51. The standard InChI is InChI=1S/C14H20BrN3/c15-13-6-11(7-16-8-13)9-18-5-3-14-12(10-18)2-1-4-17-14/h6-8,12,14,17H,1-5,9-10H2. The van der Waals surface area contributed by atoms with Gasteiger partial charge in [-0.25, -0.2) is 0 Å². The van der Waals surface area contributed by atoms with E-state index in [-0.39, 0.29) is 0 Å². The molecule has 0 amide bonds. The number of fused-ring (bicyclic) bond motifs is 1. The topological polar surface area (TPSA) is 28.2 Å². The second-order valence-corrected chi connectivity index (χ2v) is 6.41. The summed E-state index contributed by atoms with van der Waals surface area (Å²) in [7, 11) is 0. The van der Waals surface area contributed by atoms with Crippen molar-refractivity contribution in [2.24, 2.45) is 5.92 Å². The number of rotatable bonds is 2. The van der Waals surface area contributed by atoms with Gasteiger partial charge in [0.25, 0.3) is 0 Å². The normalized spacial score (nSPS) is 28.9. The molecule has 1 N–H and O–H groups in total. The zero-order chi connectivity index (χ0) is 12.4. The van der Waals surface area contributed by atoms with Crippen LogP contribution in [0.4, 0.5) is 0 Å². The summed E-state index contributed by atoms with van der Waals surface area (Å²) in [6.07, 6.45) is 7.86. The zero-order valence-corrected chi connectivity index (χ0v) is 12.2. The Morgan fingerprint density at radius 1 is 1.39 bits per heavy atom. The fourth-order valence-corrected chi connectivity index (χ4v) is 3.68. The molecule has 3 rings (SSSR count). The van der Waals surface area contributed by atoms with Gasteiger partial charge in [0.2, 0.25) is 0 Å². The Bertz CT molecular complexity index is 410. The number of nitrogens with one attached hydrogen (secondary N) is 1. The first-order chi connectivity index (χ1) is 8.81. The molecular weight excluding hydrogens is 290 g/mol. The van der Waals surface area contributed by atoms with Crippen LogP contribution in [-0.2, 0) is 6.54 Å². The molecule has 2 aliphatic rings. The predicted molar refractivity (Wildman–Crippen MR) is 76.3 cm³/mol. The molecule has 2 atom stereocenters. The summed E-state index contributed by atoms with van der Waals surface area (Å²) in [4.78, 5) is 6.83. The van der Waals surface area contributed by atoms with E-state index in [9.17, 15) is 0 Å². The summed E-state index contributed by atoms with van der Waals surface area (Å²) >= 11 is 3.49. The first-order valence-electron chi connectivity index (χ1n) is 6.86. The summed E-state index contributed by atoms with van der Waals surface area (Å²) in [5.74, 6) is 0.854. The molecule has 98 valence electrons. The van der Waals surface area contributed by atoms with Gasteiger partial charge in [-0.2, -0.15) is 0 Å². The van der Waals surface area contributed by atoms with Crippen molar-refractivity contribution < 1.29 is 0 Å². The van der Waals surface area contributed by atoms with E-state index in [1.165, 1.54) is 44.5 Å². The van der Waals surface area contributed by atoms with Crippen LogP contribution in [0.25, 0.3) is 0 Å². The lowest BCUT2D eigenvalue weighted by molar-refractivity contribution is 0.109. The number of hydrogen-bond acceptors (Lipinski definition) is 3. The van der Waals surface area contributed by atoms with Crippen molar-refractivity contribution in [3.63, 3.8) is 0 Å². The molecule has 3 heterocycles. The van der Waals surface area contributed by atoms with Crippen LogP contribution >= 0.6 is 15.9 Å². The highest BCUT2D eigenvalue weighted by Gasteiger charge is 2.30. The molecule has 2 aliphatic heterocycles. The number of nitrogens with zero attached hydrogens (tertiary/aromatic N) is 2. The second kappa shape index (κ2) is 5.68. The largest absolute Gasteiger partial charge is 0.314 e. The molecule has 0 spiro atoms. The lowest BCUT2D eigenvalue weighted by atomic mass is 9.85. The molecule has 1 aromatic rings. The van der Waals surface area contributed by atoms with Crippen LogP contribution in [0.2, 0.25) is 0 Å². The molecule has 2 fully saturated rings. The average molecular weight is 310 g/mol. The molecule has 0 bridgehead atoms. The van der Waals surface area contributed by atoms with Crippen LogP contribution in [0.3, 0.4) is 0 Å². The molecule has 1 aromatic heterocycles. The molecule has 0 aromatic carbocycles. The van der Waals surface area contributed by atoms with Gasteiger partial charge in [0.15, 0.2) is 0 Å². The first-order valence-corrected chi connectivity index (χ1v) is 7.66. The number of hydrogen-bond donors (Lipinski definition) is 1. The van der Waals surface area contributed by atoms with Crippen LogP contribution < -0.4 is 5.32 Å². The van der Waals surface area contributed by atoms with Gasteiger partial charge in [0, 0.05) is 36.0 Å². The molecular formula is C14H20BrN3. The summed E-state index contributed by atoms with van der Waals surface area (Å²) in [6.45, 7) is 4.71. The van der Waals surface area contributed by atoms with E-state index >= 15 is 0 Å². The second-order valence-electron chi connectivity index (χ2n) is 5.50. The van der Waals surface area contributed by atoms with E-state index in [1.54, 1.807) is 0 Å². The van der Waals surface area contributed by atoms with Gasteiger partial charge in [-0.1, -0.05) is 0 Å². The van der Waals surface area contributed by atoms with Gasteiger partial charge >= 0.3 is 0 Å².